The number of rotatable bonds is 48. The van der Waals surface area contributed by atoms with E-state index >= 15 is 0 Å². The molecule has 0 radical (unpaired) electrons. The molecule has 0 heterocycles. The number of hydrogen-bond donors (Lipinski definition) is 0. The molecule has 0 aliphatic carbocycles. The summed E-state index contributed by atoms with van der Waals surface area (Å²) in [5.41, 5.74) is 0. The van der Waals surface area contributed by atoms with Gasteiger partial charge in [0.25, 0.3) is 0 Å². The molecular formula is C61H100O5. The summed E-state index contributed by atoms with van der Waals surface area (Å²) in [5.74, 6) is -0.467. The lowest BCUT2D eigenvalue weighted by Gasteiger charge is -2.18. The monoisotopic (exact) mass is 913 g/mol. The van der Waals surface area contributed by atoms with E-state index in [4.69, 9.17) is 14.2 Å². The first-order valence-corrected chi connectivity index (χ1v) is 27.1. The molecule has 0 bridgehead atoms. The Balaban J connectivity index is 4.38. The molecule has 5 nitrogen and oxygen atoms in total. The van der Waals surface area contributed by atoms with Crippen LogP contribution in [-0.2, 0) is 23.8 Å². The van der Waals surface area contributed by atoms with Crippen molar-refractivity contribution in [2.24, 2.45) is 0 Å². The molecule has 0 aliphatic rings. The van der Waals surface area contributed by atoms with Gasteiger partial charge < -0.3 is 14.2 Å². The van der Waals surface area contributed by atoms with Gasteiger partial charge in [-0.1, -0.05) is 206 Å². The molecule has 0 aliphatic heterocycles. The van der Waals surface area contributed by atoms with Crippen LogP contribution >= 0.6 is 0 Å². The molecule has 1 atom stereocenters. The minimum atomic E-state index is -0.584. The number of allylic oxidation sites excluding steroid dienone is 20. The maximum Gasteiger partial charge on any atom is 0.306 e. The van der Waals surface area contributed by atoms with E-state index in [2.05, 4.69) is 142 Å². The highest BCUT2D eigenvalue weighted by molar-refractivity contribution is 5.70. The molecule has 0 fully saturated rings. The fourth-order valence-corrected chi connectivity index (χ4v) is 6.99. The van der Waals surface area contributed by atoms with Crippen LogP contribution in [0.3, 0.4) is 0 Å². The summed E-state index contributed by atoms with van der Waals surface area (Å²) in [6.45, 7) is 7.43. The molecule has 0 aromatic rings. The first-order valence-electron chi connectivity index (χ1n) is 27.1. The Morgan fingerprint density at radius 1 is 0.348 bits per heavy atom. The van der Waals surface area contributed by atoms with E-state index in [1.807, 2.05) is 0 Å². The highest BCUT2D eigenvalue weighted by Gasteiger charge is 2.17. The molecule has 374 valence electrons. The standard InChI is InChI=1S/C61H100O5/c1-4-7-10-13-16-19-22-25-27-29-31-32-34-37-39-42-45-48-51-54-60(62)65-58-59(66-61(63)55-52-49-46-43-40-36-24-21-18-15-12-9-6-3)57-64-56-53-50-47-44-41-38-35-33-30-28-26-23-20-17-14-11-8-5-2/h8-9,11-12,16-21,25-28,33,35-36,40-41,44,59H,4-7,10,13-15,22-24,29-32,34,37-39,42-43,45-58H2,1-3H3/b11-8-,12-9-,19-16-,20-17-,21-18-,27-25-,28-26-,35-33-,40-36-,44-41-. The Morgan fingerprint density at radius 3 is 1.11 bits per heavy atom. The molecule has 0 aromatic carbocycles. The third-order valence-electron chi connectivity index (χ3n) is 11.0. The first kappa shape index (κ1) is 62.3. The Bertz CT molecular complexity index is 1350. The van der Waals surface area contributed by atoms with E-state index in [9.17, 15) is 9.59 Å². The minimum Gasteiger partial charge on any atom is -0.462 e. The molecule has 0 saturated heterocycles. The molecule has 0 aromatic heterocycles. The lowest BCUT2D eigenvalue weighted by atomic mass is 10.1. The van der Waals surface area contributed by atoms with Crippen molar-refractivity contribution in [3.63, 3.8) is 0 Å². The normalized spacial score (nSPS) is 13.2. The Labute approximate surface area is 407 Å². The quantitative estimate of drug-likeness (QED) is 0.0346. The topological polar surface area (TPSA) is 61.8 Å². The average molecular weight is 913 g/mol. The van der Waals surface area contributed by atoms with Gasteiger partial charge in [-0.25, -0.2) is 0 Å². The van der Waals surface area contributed by atoms with Gasteiger partial charge >= 0.3 is 11.9 Å². The SMILES string of the molecule is CC/C=C\C/C=C\C/C=C\C/C=C\C/C=C\CCCCOCC(COC(=O)CCCCCCCCCCC/C=C\C/C=C\CCCCC)OC(=O)CCCCC/C=C\C/C=C\C/C=C\CC. The fourth-order valence-electron chi connectivity index (χ4n) is 6.99. The van der Waals surface area contributed by atoms with Crippen molar-refractivity contribution >= 4 is 11.9 Å². The van der Waals surface area contributed by atoms with Crippen molar-refractivity contribution in [1.29, 1.82) is 0 Å². The van der Waals surface area contributed by atoms with Gasteiger partial charge in [0.05, 0.1) is 6.61 Å². The number of carbonyl (C=O) groups is 2. The van der Waals surface area contributed by atoms with E-state index in [1.54, 1.807) is 0 Å². The molecule has 0 N–H and O–H groups in total. The summed E-state index contributed by atoms with van der Waals surface area (Å²) in [4.78, 5) is 25.4. The van der Waals surface area contributed by atoms with Crippen LogP contribution in [0.2, 0.25) is 0 Å². The highest BCUT2D eigenvalue weighted by Crippen LogP contribution is 2.13. The van der Waals surface area contributed by atoms with Crippen LogP contribution in [0.25, 0.3) is 0 Å². The second-order valence-corrected chi connectivity index (χ2v) is 17.4. The van der Waals surface area contributed by atoms with Gasteiger partial charge in [-0.2, -0.15) is 0 Å². The van der Waals surface area contributed by atoms with Crippen molar-refractivity contribution in [2.75, 3.05) is 19.8 Å². The summed E-state index contributed by atoms with van der Waals surface area (Å²) in [6, 6.07) is 0. The maximum absolute atomic E-state index is 12.8. The summed E-state index contributed by atoms with van der Waals surface area (Å²) in [6.07, 6.45) is 77.9. The predicted molar refractivity (Wildman–Crippen MR) is 288 cm³/mol. The largest absolute Gasteiger partial charge is 0.462 e. The van der Waals surface area contributed by atoms with E-state index in [-0.39, 0.29) is 25.2 Å². The molecule has 1 unspecified atom stereocenters. The Hall–Kier alpha value is -3.70. The molecular weight excluding hydrogens is 813 g/mol. The third-order valence-corrected chi connectivity index (χ3v) is 11.0. The van der Waals surface area contributed by atoms with E-state index in [0.29, 0.717) is 19.4 Å². The highest BCUT2D eigenvalue weighted by atomic mass is 16.6. The third kappa shape index (κ3) is 52.9. The summed E-state index contributed by atoms with van der Waals surface area (Å²) in [5, 5.41) is 0. The van der Waals surface area contributed by atoms with Crippen LogP contribution in [0.4, 0.5) is 0 Å². The van der Waals surface area contributed by atoms with E-state index in [0.717, 1.165) is 122 Å². The van der Waals surface area contributed by atoms with E-state index < -0.39 is 6.10 Å². The van der Waals surface area contributed by atoms with Gasteiger partial charge in [0.2, 0.25) is 0 Å². The fraction of sp³-hybridized carbons (Fsp3) is 0.639. The van der Waals surface area contributed by atoms with Crippen LogP contribution in [0.15, 0.2) is 122 Å². The van der Waals surface area contributed by atoms with Crippen LogP contribution in [0.5, 0.6) is 0 Å². The molecule has 0 rings (SSSR count). The first-order chi connectivity index (χ1) is 32.6. The molecule has 0 saturated carbocycles. The summed E-state index contributed by atoms with van der Waals surface area (Å²) >= 11 is 0. The van der Waals surface area contributed by atoms with Crippen molar-refractivity contribution in [3.8, 4) is 0 Å². The maximum atomic E-state index is 12.8. The lowest BCUT2D eigenvalue weighted by molar-refractivity contribution is -0.163. The van der Waals surface area contributed by atoms with Gasteiger partial charge in [0.15, 0.2) is 6.10 Å². The molecule has 5 heteroatoms. The number of hydrogen-bond acceptors (Lipinski definition) is 5. The smallest absolute Gasteiger partial charge is 0.306 e. The van der Waals surface area contributed by atoms with Gasteiger partial charge in [-0.05, 0) is 128 Å². The van der Waals surface area contributed by atoms with Crippen molar-refractivity contribution in [1.82, 2.24) is 0 Å². The lowest BCUT2D eigenvalue weighted by Crippen LogP contribution is -2.30. The summed E-state index contributed by atoms with van der Waals surface area (Å²) in [7, 11) is 0. The average Bonchev–Trinajstić information content (AvgIpc) is 3.32. The van der Waals surface area contributed by atoms with Gasteiger partial charge in [-0.15, -0.1) is 0 Å². The van der Waals surface area contributed by atoms with Crippen LogP contribution in [0, 0.1) is 0 Å². The van der Waals surface area contributed by atoms with Crippen molar-refractivity contribution in [2.45, 2.75) is 232 Å². The zero-order chi connectivity index (χ0) is 47.7. The zero-order valence-electron chi connectivity index (χ0n) is 42.9. The molecule has 0 amide bonds. The molecule has 66 heavy (non-hydrogen) atoms. The number of unbranched alkanes of at least 4 members (excludes halogenated alkanes) is 17. The van der Waals surface area contributed by atoms with Crippen LogP contribution in [-0.4, -0.2) is 37.9 Å². The minimum absolute atomic E-state index is 0.0463. The molecule has 0 spiro atoms. The van der Waals surface area contributed by atoms with Gasteiger partial charge in [0.1, 0.15) is 6.61 Å². The predicted octanol–water partition coefficient (Wildman–Crippen LogP) is 18.6. The second kappa shape index (κ2) is 55.6. The number of esters is 2. The summed E-state index contributed by atoms with van der Waals surface area (Å²) < 4.78 is 17.4. The number of carbonyl (C=O) groups excluding carboxylic acids is 2. The van der Waals surface area contributed by atoms with E-state index in [1.165, 1.54) is 70.6 Å². The Kier molecular flexibility index (Phi) is 52.5. The zero-order valence-corrected chi connectivity index (χ0v) is 42.9. The van der Waals surface area contributed by atoms with Crippen molar-refractivity contribution < 1.29 is 23.8 Å². The van der Waals surface area contributed by atoms with Gasteiger partial charge in [0, 0.05) is 19.4 Å². The Morgan fingerprint density at radius 2 is 0.682 bits per heavy atom. The van der Waals surface area contributed by atoms with Crippen molar-refractivity contribution in [3.05, 3.63) is 122 Å². The number of ether oxygens (including phenoxy) is 3. The van der Waals surface area contributed by atoms with Crippen LogP contribution in [0.1, 0.15) is 226 Å². The second-order valence-electron chi connectivity index (χ2n) is 17.4. The van der Waals surface area contributed by atoms with Crippen LogP contribution < -0.4 is 0 Å². The van der Waals surface area contributed by atoms with Gasteiger partial charge in [-0.3, -0.25) is 9.59 Å².